The van der Waals surface area contributed by atoms with E-state index in [1.165, 1.54) is 0 Å². The molecule has 0 aliphatic carbocycles. The second-order valence-electron chi connectivity index (χ2n) is 4.72. The van der Waals surface area contributed by atoms with Crippen molar-refractivity contribution in [1.82, 2.24) is 4.98 Å². The number of carbonyl (C=O) groups is 1. The van der Waals surface area contributed by atoms with Crippen LogP contribution < -0.4 is 0 Å². The van der Waals surface area contributed by atoms with E-state index in [0.717, 1.165) is 16.3 Å². The number of rotatable bonds is 2. The predicted molar refractivity (Wildman–Crippen MR) is 81.4 cm³/mol. The molecule has 20 heavy (non-hydrogen) atoms. The fraction of sp³-hybridized carbons (Fsp3) is 0.0588. The van der Waals surface area contributed by atoms with Gasteiger partial charge in [0.25, 0.3) is 0 Å². The maximum atomic E-state index is 12.7. The summed E-state index contributed by atoms with van der Waals surface area (Å²) in [6.45, 7) is 1.94. The van der Waals surface area contributed by atoms with E-state index in [1.807, 2.05) is 37.3 Å². The molecule has 98 valence electrons. The number of fused-ring (bicyclic) bond motifs is 1. The van der Waals surface area contributed by atoms with Gasteiger partial charge in [0.05, 0.1) is 5.02 Å². The molecule has 0 amide bonds. The molecule has 0 atom stereocenters. The Balaban J connectivity index is 2.18. The smallest absolute Gasteiger partial charge is 0.196 e. The molecule has 0 fully saturated rings. The van der Waals surface area contributed by atoms with E-state index in [9.17, 15) is 4.79 Å². The van der Waals surface area contributed by atoms with Crippen LogP contribution >= 0.6 is 11.6 Å². The Morgan fingerprint density at radius 3 is 2.65 bits per heavy atom. The highest BCUT2D eigenvalue weighted by molar-refractivity contribution is 6.35. The number of aromatic nitrogens is 1. The number of ketones is 1. The van der Waals surface area contributed by atoms with Crippen molar-refractivity contribution in [3.8, 4) is 0 Å². The minimum absolute atomic E-state index is 0.0979. The van der Waals surface area contributed by atoms with Gasteiger partial charge in [-0.2, -0.15) is 0 Å². The first-order valence-electron chi connectivity index (χ1n) is 6.30. The summed E-state index contributed by atoms with van der Waals surface area (Å²) < 4.78 is 0. The zero-order chi connectivity index (χ0) is 14.1. The van der Waals surface area contributed by atoms with Gasteiger partial charge in [0, 0.05) is 28.9 Å². The second kappa shape index (κ2) is 5.06. The van der Waals surface area contributed by atoms with Gasteiger partial charge in [-0.15, -0.1) is 0 Å². The van der Waals surface area contributed by atoms with E-state index in [1.54, 1.807) is 24.5 Å². The summed E-state index contributed by atoms with van der Waals surface area (Å²) in [6, 6.07) is 13.2. The predicted octanol–water partition coefficient (Wildman–Crippen LogP) is 4.43. The Morgan fingerprint density at radius 1 is 1.05 bits per heavy atom. The molecular formula is C17H12ClNO. The van der Waals surface area contributed by atoms with Gasteiger partial charge in [0.15, 0.2) is 5.78 Å². The molecular weight excluding hydrogens is 270 g/mol. The van der Waals surface area contributed by atoms with Gasteiger partial charge in [0.2, 0.25) is 0 Å². The molecule has 0 bridgehead atoms. The van der Waals surface area contributed by atoms with Crippen molar-refractivity contribution in [3.05, 3.63) is 76.6 Å². The van der Waals surface area contributed by atoms with Crippen LogP contribution in [0.25, 0.3) is 10.8 Å². The number of benzene rings is 2. The minimum Gasteiger partial charge on any atom is -0.288 e. The number of carbonyl (C=O) groups excluding carboxylic acids is 1. The van der Waals surface area contributed by atoms with Crippen LogP contribution in [-0.2, 0) is 0 Å². The lowest BCUT2D eigenvalue weighted by molar-refractivity contribution is 0.104. The van der Waals surface area contributed by atoms with Gasteiger partial charge in [-0.05, 0) is 30.0 Å². The fourth-order valence-corrected chi connectivity index (χ4v) is 2.57. The third-order valence-electron chi connectivity index (χ3n) is 3.28. The molecule has 0 aliphatic heterocycles. The zero-order valence-corrected chi connectivity index (χ0v) is 11.7. The Morgan fingerprint density at radius 2 is 1.85 bits per heavy atom. The van der Waals surface area contributed by atoms with Crippen molar-refractivity contribution < 1.29 is 4.79 Å². The van der Waals surface area contributed by atoms with E-state index in [2.05, 4.69) is 4.98 Å². The first-order valence-corrected chi connectivity index (χ1v) is 6.68. The monoisotopic (exact) mass is 281 g/mol. The molecule has 1 heterocycles. The molecule has 0 spiro atoms. The summed E-state index contributed by atoms with van der Waals surface area (Å²) in [5.41, 5.74) is 2.12. The standard InChI is InChI=1S/C17H12ClNO/c1-11-6-7-14(16(18)8-11)17(20)15-10-19-9-12-4-2-3-5-13(12)15/h2-10H,1H3. The summed E-state index contributed by atoms with van der Waals surface area (Å²) in [5, 5.41) is 2.31. The van der Waals surface area contributed by atoms with Crippen molar-refractivity contribution in [2.45, 2.75) is 6.92 Å². The average molecular weight is 282 g/mol. The first kappa shape index (κ1) is 12.8. The lowest BCUT2D eigenvalue weighted by Crippen LogP contribution is -2.04. The first-order chi connectivity index (χ1) is 9.66. The van der Waals surface area contributed by atoms with E-state index < -0.39 is 0 Å². The minimum atomic E-state index is -0.0979. The summed E-state index contributed by atoms with van der Waals surface area (Å²) in [7, 11) is 0. The van der Waals surface area contributed by atoms with Crippen molar-refractivity contribution >= 4 is 28.2 Å². The molecule has 0 saturated carbocycles. The van der Waals surface area contributed by atoms with Crippen LogP contribution in [-0.4, -0.2) is 10.8 Å². The van der Waals surface area contributed by atoms with Crippen LogP contribution in [0.3, 0.4) is 0 Å². The Kier molecular flexibility index (Phi) is 3.25. The second-order valence-corrected chi connectivity index (χ2v) is 5.13. The Hall–Kier alpha value is -2.19. The van der Waals surface area contributed by atoms with Crippen molar-refractivity contribution in [1.29, 1.82) is 0 Å². The van der Waals surface area contributed by atoms with E-state index >= 15 is 0 Å². The van der Waals surface area contributed by atoms with Gasteiger partial charge in [-0.3, -0.25) is 9.78 Å². The van der Waals surface area contributed by atoms with Crippen molar-refractivity contribution in [2.24, 2.45) is 0 Å². The van der Waals surface area contributed by atoms with Gasteiger partial charge in [0.1, 0.15) is 0 Å². The third-order valence-corrected chi connectivity index (χ3v) is 3.59. The fourth-order valence-electron chi connectivity index (χ4n) is 2.25. The van der Waals surface area contributed by atoms with Crippen LogP contribution in [0, 0.1) is 6.92 Å². The number of pyridine rings is 1. The van der Waals surface area contributed by atoms with E-state index in [4.69, 9.17) is 11.6 Å². The molecule has 0 unspecified atom stereocenters. The van der Waals surface area contributed by atoms with Crippen LogP contribution in [0.2, 0.25) is 5.02 Å². The third kappa shape index (κ3) is 2.19. The maximum Gasteiger partial charge on any atom is 0.196 e. The van der Waals surface area contributed by atoms with Gasteiger partial charge >= 0.3 is 0 Å². The van der Waals surface area contributed by atoms with E-state index in [-0.39, 0.29) is 5.78 Å². The molecule has 2 nitrogen and oxygen atoms in total. The summed E-state index contributed by atoms with van der Waals surface area (Å²) in [4.78, 5) is 16.8. The highest BCUT2D eigenvalue weighted by atomic mass is 35.5. The molecule has 3 aromatic rings. The van der Waals surface area contributed by atoms with Crippen LogP contribution in [0.5, 0.6) is 0 Å². The van der Waals surface area contributed by atoms with Gasteiger partial charge in [-0.1, -0.05) is 41.9 Å². The quantitative estimate of drug-likeness (QED) is 0.651. The summed E-state index contributed by atoms with van der Waals surface area (Å²) in [5.74, 6) is -0.0979. The SMILES string of the molecule is Cc1ccc(C(=O)c2cncc3ccccc23)c(Cl)c1. The number of halogens is 1. The number of aryl methyl sites for hydroxylation is 1. The Labute approximate surface area is 122 Å². The lowest BCUT2D eigenvalue weighted by atomic mass is 9.99. The molecule has 3 heteroatoms. The van der Waals surface area contributed by atoms with Gasteiger partial charge in [-0.25, -0.2) is 0 Å². The number of hydrogen-bond acceptors (Lipinski definition) is 2. The summed E-state index contributed by atoms with van der Waals surface area (Å²) >= 11 is 6.18. The van der Waals surface area contributed by atoms with Crippen molar-refractivity contribution in [2.75, 3.05) is 0 Å². The normalized spacial score (nSPS) is 10.7. The topological polar surface area (TPSA) is 30.0 Å². The van der Waals surface area contributed by atoms with Crippen molar-refractivity contribution in [3.63, 3.8) is 0 Å². The average Bonchev–Trinajstić information content (AvgIpc) is 2.46. The summed E-state index contributed by atoms with van der Waals surface area (Å²) in [6.07, 6.45) is 3.35. The number of hydrogen-bond donors (Lipinski definition) is 0. The molecule has 0 radical (unpaired) electrons. The largest absolute Gasteiger partial charge is 0.288 e. The van der Waals surface area contributed by atoms with Gasteiger partial charge < -0.3 is 0 Å². The van der Waals surface area contributed by atoms with Crippen LogP contribution in [0.1, 0.15) is 21.5 Å². The van der Waals surface area contributed by atoms with E-state index in [0.29, 0.717) is 16.1 Å². The molecule has 2 aromatic carbocycles. The molecule has 0 aliphatic rings. The highest BCUT2D eigenvalue weighted by Crippen LogP contribution is 2.24. The maximum absolute atomic E-state index is 12.7. The van der Waals surface area contributed by atoms with Crippen LogP contribution in [0.15, 0.2) is 54.9 Å². The molecule has 3 rings (SSSR count). The van der Waals surface area contributed by atoms with Crippen LogP contribution in [0.4, 0.5) is 0 Å². The lowest BCUT2D eigenvalue weighted by Gasteiger charge is -2.07. The Bertz CT molecular complexity index is 806. The molecule has 0 saturated heterocycles. The zero-order valence-electron chi connectivity index (χ0n) is 10.9. The molecule has 1 aromatic heterocycles. The molecule has 0 N–H and O–H groups in total. The highest BCUT2D eigenvalue weighted by Gasteiger charge is 2.15. The number of nitrogens with zero attached hydrogens (tertiary/aromatic N) is 1.